The van der Waals surface area contributed by atoms with E-state index in [1.807, 2.05) is 0 Å². The van der Waals surface area contributed by atoms with Crippen LogP contribution in [-0.2, 0) is 0 Å². The highest BCUT2D eigenvalue weighted by molar-refractivity contribution is 7.99. The van der Waals surface area contributed by atoms with Crippen molar-refractivity contribution in [1.29, 1.82) is 0 Å². The normalized spacial score (nSPS) is 10.3. The molecular formula is C9H10ClNO3S. The molecule has 0 aliphatic rings. The van der Waals surface area contributed by atoms with Gasteiger partial charge in [-0.25, -0.2) is 9.78 Å². The number of aromatic nitrogens is 1. The maximum absolute atomic E-state index is 10.7. The van der Waals surface area contributed by atoms with E-state index in [-0.39, 0.29) is 17.3 Å². The lowest BCUT2D eigenvalue weighted by atomic mass is 10.3. The van der Waals surface area contributed by atoms with Gasteiger partial charge in [-0.1, -0.05) is 11.6 Å². The third kappa shape index (κ3) is 4.07. The Morgan fingerprint density at radius 1 is 1.53 bits per heavy atom. The van der Waals surface area contributed by atoms with Crippen LogP contribution >= 0.6 is 23.4 Å². The van der Waals surface area contributed by atoms with Gasteiger partial charge in [-0.2, -0.15) is 0 Å². The van der Waals surface area contributed by atoms with Gasteiger partial charge in [-0.3, -0.25) is 0 Å². The molecule has 4 nitrogen and oxygen atoms in total. The van der Waals surface area contributed by atoms with Crippen LogP contribution in [0.1, 0.15) is 16.8 Å². The number of nitrogens with zero attached hydrogens (tertiary/aromatic N) is 1. The van der Waals surface area contributed by atoms with E-state index in [0.29, 0.717) is 17.2 Å². The fraction of sp³-hybridized carbons (Fsp3) is 0.333. The number of rotatable bonds is 5. The molecule has 0 saturated heterocycles. The van der Waals surface area contributed by atoms with E-state index in [1.54, 1.807) is 0 Å². The van der Waals surface area contributed by atoms with E-state index in [2.05, 4.69) is 4.98 Å². The van der Waals surface area contributed by atoms with Gasteiger partial charge in [0.05, 0.1) is 10.6 Å². The summed E-state index contributed by atoms with van der Waals surface area (Å²) in [5.41, 5.74) is 0.126. The second-order valence-electron chi connectivity index (χ2n) is 2.75. The number of thioether (sulfide) groups is 1. The minimum Gasteiger partial charge on any atom is -0.478 e. The molecule has 1 heterocycles. The molecular weight excluding hydrogens is 238 g/mol. The van der Waals surface area contributed by atoms with E-state index in [1.165, 1.54) is 23.9 Å². The highest BCUT2D eigenvalue weighted by Gasteiger charge is 2.07. The smallest absolute Gasteiger partial charge is 0.335 e. The van der Waals surface area contributed by atoms with Crippen molar-refractivity contribution in [2.75, 3.05) is 12.4 Å². The third-order valence-corrected chi connectivity index (χ3v) is 2.76. The van der Waals surface area contributed by atoms with Gasteiger partial charge in [0.1, 0.15) is 5.15 Å². The summed E-state index contributed by atoms with van der Waals surface area (Å²) in [5.74, 6) is -0.341. The first-order chi connectivity index (χ1) is 7.13. The summed E-state index contributed by atoms with van der Waals surface area (Å²) in [6.07, 6.45) is 0.640. The topological polar surface area (TPSA) is 70.4 Å². The fourth-order valence-corrected chi connectivity index (χ4v) is 2.03. The number of hydrogen-bond donors (Lipinski definition) is 2. The van der Waals surface area contributed by atoms with Gasteiger partial charge >= 0.3 is 5.97 Å². The molecule has 0 unspecified atom stereocenters. The van der Waals surface area contributed by atoms with Crippen molar-refractivity contribution in [1.82, 2.24) is 4.98 Å². The zero-order valence-corrected chi connectivity index (χ0v) is 9.38. The number of pyridine rings is 1. The Balaban J connectivity index is 2.75. The zero-order valence-electron chi connectivity index (χ0n) is 7.81. The molecule has 0 aliphatic carbocycles. The minimum atomic E-state index is -1.02. The summed E-state index contributed by atoms with van der Waals surface area (Å²) in [5, 5.41) is 18.1. The zero-order chi connectivity index (χ0) is 11.3. The van der Waals surface area contributed by atoms with Crippen molar-refractivity contribution in [3.63, 3.8) is 0 Å². The molecule has 0 aromatic carbocycles. The number of carboxylic acids is 1. The van der Waals surface area contributed by atoms with Gasteiger partial charge in [0, 0.05) is 12.4 Å². The Labute approximate surface area is 96.3 Å². The molecule has 0 radical (unpaired) electrons. The van der Waals surface area contributed by atoms with Crippen LogP contribution in [0.3, 0.4) is 0 Å². The van der Waals surface area contributed by atoms with Gasteiger partial charge in [0.2, 0.25) is 0 Å². The van der Waals surface area contributed by atoms with Crippen LogP contribution in [0, 0.1) is 0 Å². The standard InChI is InChI=1S/C9H10ClNO3S/c10-7-4-6(9(13)14)5-8(11-7)15-3-1-2-12/h4-5,12H,1-3H2,(H,13,14). The van der Waals surface area contributed by atoms with E-state index in [9.17, 15) is 4.79 Å². The van der Waals surface area contributed by atoms with E-state index < -0.39 is 5.97 Å². The Bertz CT molecular complexity index is 359. The number of halogens is 1. The molecule has 0 spiro atoms. The van der Waals surface area contributed by atoms with E-state index in [4.69, 9.17) is 21.8 Å². The summed E-state index contributed by atoms with van der Waals surface area (Å²) in [7, 11) is 0. The van der Waals surface area contributed by atoms with Crippen LogP contribution in [0.2, 0.25) is 5.15 Å². The quantitative estimate of drug-likeness (QED) is 0.473. The Morgan fingerprint density at radius 3 is 2.87 bits per heavy atom. The van der Waals surface area contributed by atoms with Gasteiger partial charge in [0.15, 0.2) is 0 Å². The third-order valence-electron chi connectivity index (χ3n) is 1.57. The largest absolute Gasteiger partial charge is 0.478 e. The van der Waals surface area contributed by atoms with Gasteiger partial charge < -0.3 is 10.2 Å². The molecule has 0 bridgehead atoms. The van der Waals surface area contributed by atoms with Crippen molar-refractivity contribution < 1.29 is 15.0 Å². The second kappa shape index (κ2) is 5.95. The summed E-state index contributed by atoms with van der Waals surface area (Å²) in [6, 6.07) is 2.77. The second-order valence-corrected chi connectivity index (χ2v) is 4.25. The number of hydrogen-bond acceptors (Lipinski definition) is 4. The molecule has 2 N–H and O–H groups in total. The van der Waals surface area contributed by atoms with E-state index >= 15 is 0 Å². The Hall–Kier alpha value is -0.780. The lowest BCUT2D eigenvalue weighted by molar-refractivity contribution is 0.0696. The molecule has 6 heteroatoms. The highest BCUT2D eigenvalue weighted by atomic mass is 35.5. The summed E-state index contributed by atoms with van der Waals surface area (Å²) < 4.78 is 0. The molecule has 0 amide bonds. The Kier molecular flexibility index (Phi) is 4.87. The van der Waals surface area contributed by atoms with Crippen molar-refractivity contribution >= 4 is 29.3 Å². The van der Waals surface area contributed by atoms with Crippen LogP contribution in [0.25, 0.3) is 0 Å². The van der Waals surface area contributed by atoms with Crippen LogP contribution in [-0.4, -0.2) is 33.5 Å². The van der Waals surface area contributed by atoms with Crippen LogP contribution in [0.4, 0.5) is 0 Å². The monoisotopic (exact) mass is 247 g/mol. The van der Waals surface area contributed by atoms with Crippen molar-refractivity contribution in [3.05, 3.63) is 22.8 Å². The molecule has 0 atom stereocenters. The number of carbonyl (C=O) groups is 1. The van der Waals surface area contributed by atoms with Crippen molar-refractivity contribution in [2.45, 2.75) is 11.4 Å². The first-order valence-corrected chi connectivity index (χ1v) is 5.64. The average Bonchev–Trinajstić information content (AvgIpc) is 2.17. The highest BCUT2D eigenvalue weighted by Crippen LogP contribution is 2.20. The number of aliphatic hydroxyl groups is 1. The van der Waals surface area contributed by atoms with Crippen LogP contribution < -0.4 is 0 Å². The van der Waals surface area contributed by atoms with Gasteiger partial charge in [-0.05, 0) is 18.6 Å². The first kappa shape index (κ1) is 12.3. The summed E-state index contributed by atoms with van der Waals surface area (Å²) in [4.78, 5) is 14.7. The summed E-state index contributed by atoms with van der Waals surface area (Å²) >= 11 is 7.04. The number of aliphatic hydroxyl groups excluding tert-OH is 1. The predicted octanol–water partition coefficient (Wildman–Crippen LogP) is 1.91. The molecule has 1 aromatic rings. The number of aromatic carboxylic acids is 1. The minimum absolute atomic E-state index is 0.110. The lowest BCUT2D eigenvalue weighted by Crippen LogP contribution is -1.98. The molecule has 1 rings (SSSR count). The maximum atomic E-state index is 10.7. The average molecular weight is 248 g/mol. The Morgan fingerprint density at radius 2 is 2.27 bits per heavy atom. The van der Waals surface area contributed by atoms with Gasteiger partial charge in [-0.15, -0.1) is 11.8 Å². The molecule has 0 aliphatic heterocycles. The molecule has 0 fully saturated rings. The fourth-order valence-electron chi connectivity index (χ4n) is 0.912. The molecule has 82 valence electrons. The molecule has 0 saturated carbocycles. The maximum Gasteiger partial charge on any atom is 0.335 e. The van der Waals surface area contributed by atoms with Crippen molar-refractivity contribution in [3.8, 4) is 0 Å². The van der Waals surface area contributed by atoms with Crippen molar-refractivity contribution in [2.24, 2.45) is 0 Å². The predicted molar refractivity (Wildman–Crippen MR) is 58.6 cm³/mol. The summed E-state index contributed by atoms with van der Waals surface area (Å²) in [6.45, 7) is 0.110. The lowest BCUT2D eigenvalue weighted by Gasteiger charge is -2.02. The first-order valence-electron chi connectivity index (χ1n) is 4.28. The van der Waals surface area contributed by atoms with Gasteiger partial charge in [0.25, 0.3) is 0 Å². The molecule has 15 heavy (non-hydrogen) atoms. The SMILES string of the molecule is O=C(O)c1cc(Cl)nc(SCCCO)c1. The molecule has 1 aromatic heterocycles. The number of carboxylic acid groups (broad SMARTS) is 1. The van der Waals surface area contributed by atoms with Crippen LogP contribution in [0.15, 0.2) is 17.2 Å². The van der Waals surface area contributed by atoms with Crippen LogP contribution in [0.5, 0.6) is 0 Å². The van der Waals surface area contributed by atoms with E-state index in [0.717, 1.165) is 0 Å².